The third-order valence-electron chi connectivity index (χ3n) is 6.84. The zero-order chi connectivity index (χ0) is 28.1. The Hall–Kier alpha value is -2.00. The van der Waals surface area contributed by atoms with Gasteiger partial charge >= 0.3 is 11.9 Å². The van der Waals surface area contributed by atoms with E-state index < -0.39 is 48.6 Å². The van der Waals surface area contributed by atoms with E-state index >= 15 is 0 Å². The molecule has 9 unspecified atom stereocenters. The monoisotopic (exact) mass is 524 g/mol. The van der Waals surface area contributed by atoms with Crippen LogP contribution in [0.5, 0.6) is 0 Å². The largest absolute Gasteiger partial charge is 0.459 e. The Bertz CT molecular complexity index is 789. The normalized spacial score (nSPS) is 30.4. The minimum atomic E-state index is -1.05. The van der Waals surface area contributed by atoms with Crippen molar-refractivity contribution in [3.63, 3.8) is 0 Å². The number of carbonyl (C=O) groups is 2. The van der Waals surface area contributed by atoms with Gasteiger partial charge in [-0.15, -0.1) is 0 Å². The van der Waals surface area contributed by atoms with Gasteiger partial charge in [-0.2, -0.15) is 0 Å². The van der Waals surface area contributed by atoms with Crippen LogP contribution in [-0.2, 0) is 19.1 Å². The second-order valence-corrected chi connectivity index (χ2v) is 10.6. The molecule has 0 aliphatic carbocycles. The molecule has 4 N–H and O–H groups in total. The Labute approximate surface area is 222 Å². The summed E-state index contributed by atoms with van der Waals surface area (Å²) in [4.78, 5) is 24.0. The second-order valence-electron chi connectivity index (χ2n) is 10.6. The van der Waals surface area contributed by atoms with Crippen LogP contribution in [0, 0.1) is 17.8 Å². The molecule has 0 aromatic rings. The second kappa shape index (κ2) is 16.8. The Morgan fingerprint density at radius 2 is 1.84 bits per heavy atom. The van der Waals surface area contributed by atoms with E-state index in [1.54, 1.807) is 6.08 Å². The van der Waals surface area contributed by atoms with E-state index in [2.05, 4.69) is 0 Å². The predicted molar refractivity (Wildman–Crippen MR) is 142 cm³/mol. The number of carbonyl (C=O) groups excluding carboxylic acids is 2. The first-order valence-electron chi connectivity index (χ1n) is 13.5. The number of esters is 2. The number of aliphatic hydroxyl groups excluding tert-OH is 4. The highest BCUT2D eigenvalue weighted by Crippen LogP contribution is 2.23. The lowest BCUT2D eigenvalue weighted by Crippen LogP contribution is -2.33. The molecule has 1 aliphatic rings. The third kappa shape index (κ3) is 12.9. The zero-order valence-corrected chi connectivity index (χ0v) is 23.2. The molecular formula is C29H48O8. The highest BCUT2D eigenvalue weighted by Gasteiger charge is 2.27. The lowest BCUT2D eigenvalue weighted by Gasteiger charge is -2.26. The first kappa shape index (κ1) is 33.0. The van der Waals surface area contributed by atoms with Gasteiger partial charge in [-0.05, 0) is 56.4 Å². The van der Waals surface area contributed by atoms with E-state index in [0.29, 0.717) is 19.3 Å². The van der Waals surface area contributed by atoms with Crippen LogP contribution in [-0.4, -0.2) is 69.0 Å². The molecular weight excluding hydrogens is 476 g/mol. The zero-order valence-electron chi connectivity index (χ0n) is 23.2. The topological polar surface area (TPSA) is 134 Å². The smallest absolute Gasteiger partial charge is 0.309 e. The van der Waals surface area contributed by atoms with E-state index in [9.17, 15) is 30.0 Å². The van der Waals surface area contributed by atoms with Crippen molar-refractivity contribution in [2.24, 2.45) is 17.8 Å². The van der Waals surface area contributed by atoms with Crippen molar-refractivity contribution in [3.8, 4) is 0 Å². The maximum atomic E-state index is 12.5. The van der Waals surface area contributed by atoms with Gasteiger partial charge in [0.05, 0.1) is 24.7 Å². The van der Waals surface area contributed by atoms with Crippen molar-refractivity contribution in [2.75, 3.05) is 0 Å². The summed E-state index contributed by atoms with van der Waals surface area (Å²) in [6.45, 7) is 10.8. The van der Waals surface area contributed by atoms with Crippen LogP contribution in [0.1, 0.15) is 80.1 Å². The van der Waals surface area contributed by atoms with Crippen LogP contribution >= 0.6 is 0 Å². The lowest BCUT2D eigenvalue weighted by molar-refractivity contribution is -0.154. The number of aliphatic hydroxyl groups is 4. The van der Waals surface area contributed by atoms with Gasteiger partial charge in [-0.25, -0.2) is 0 Å². The van der Waals surface area contributed by atoms with Crippen LogP contribution < -0.4 is 0 Å². The Kier molecular flexibility index (Phi) is 15.0. The summed E-state index contributed by atoms with van der Waals surface area (Å²) >= 11 is 0. The summed E-state index contributed by atoms with van der Waals surface area (Å²) in [6.07, 6.45) is 6.58. The van der Waals surface area contributed by atoms with Gasteiger partial charge in [0.25, 0.3) is 0 Å². The quantitative estimate of drug-likeness (QED) is 0.193. The number of allylic oxidation sites excluding steroid dienone is 3. The van der Waals surface area contributed by atoms with Crippen molar-refractivity contribution < 1.29 is 39.5 Å². The highest BCUT2D eigenvalue weighted by molar-refractivity contribution is 5.70. The van der Waals surface area contributed by atoms with Gasteiger partial charge in [0.15, 0.2) is 0 Å². The first-order valence-corrected chi connectivity index (χ1v) is 13.5. The van der Waals surface area contributed by atoms with Gasteiger partial charge in [0, 0.05) is 12.8 Å². The van der Waals surface area contributed by atoms with E-state index in [-0.39, 0.29) is 37.0 Å². The van der Waals surface area contributed by atoms with Gasteiger partial charge in [0.2, 0.25) is 0 Å². The minimum absolute atomic E-state index is 0.0324. The molecule has 0 aromatic carbocycles. The first-order chi connectivity index (χ1) is 17.3. The van der Waals surface area contributed by atoms with Crippen LogP contribution in [0.3, 0.4) is 0 Å². The molecule has 37 heavy (non-hydrogen) atoms. The predicted octanol–water partition coefficient (Wildman–Crippen LogP) is 3.61. The minimum Gasteiger partial charge on any atom is -0.459 e. The molecule has 0 spiro atoms. The number of hydrogen-bond donors (Lipinski definition) is 4. The number of ether oxygens (including phenoxy) is 2. The van der Waals surface area contributed by atoms with Crippen LogP contribution in [0.15, 0.2) is 36.0 Å². The van der Waals surface area contributed by atoms with E-state index in [0.717, 1.165) is 5.57 Å². The number of rotatable bonds is 10. The molecule has 0 saturated heterocycles. The van der Waals surface area contributed by atoms with Crippen molar-refractivity contribution in [1.82, 2.24) is 0 Å². The fraction of sp³-hybridized carbons (Fsp3) is 0.724. The molecule has 212 valence electrons. The highest BCUT2D eigenvalue weighted by atomic mass is 16.6. The van der Waals surface area contributed by atoms with Crippen LogP contribution in [0.4, 0.5) is 0 Å². The van der Waals surface area contributed by atoms with Crippen LogP contribution in [0.25, 0.3) is 0 Å². The third-order valence-corrected chi connectivity index (χ3v) is 6.84. The van der Waals surface area contributed by atoms with Crippen molar-refractivity contribution in [3.05, 3.63) is 36.0 Å². The summed E-state index contributed by atoms with van der Waals surface area (Å²) in [7, 11) is 0. The Balaban J connectivity index is 2.93. The summed E-state index contributed by atoms with van der Waals surface area (Å²) in [5.74, 6) is -1.21. The average molecular weight is 525 g/mol. The number of hydrogen-bond acceptors (Lipinski definition) is 8. The lowest BCUT2D eigenvalue weighted by atomic mass is 9.91. The summed E-state index contributed by atoms with van der Waals surface area (Å²) < 4.78 is 10.9. The Morgan fingerprint density at radius 3 is 2.46 bits per heavy atom. The SMILES string of the molecule is CCC(O)C(C)CC(O)CC(C)/C=C/C=C(\C)C1OC(=O)CC(O)CCC(OC(C)=O)C(O)/C=C/C1C. The molecule has 1 rings (SSSR count). The molecule has 1 aliphatic heterocycles. The fourth-order valence-corrected chi connectivity index (χ4v) is 4.57. The standard InChI is InChI=1S/C29H48O8/c1-7-25(33)21(5)16-24(32)15-18(2)9-8-10-19(3)29-20(4)11-13-26(34)27(36-22(6)30)14-12-23(31)17-28(35)37-29/h8-11,13,18,20-21,23-27,29,31-34H,7,12,14-17H2,1-6H3/b9-8+,13-11+,19-10+. The van der Waals surface area contributed by atoms with Gasteiger partial charge < -0.3 is 29.9 Å². The van der Waals surface area contributed by atoms with Crippen LogP contribution in [0.2, 0.25) is 0 Å². The maximum Gasteiger partial charge on any atom is 0.309 e. The molecule has 0 bridgehead atoms. The molecule has 0 radical (unpaired) electrons. The van der Waals surface area contributed by atoms with Crippen molar-refractivity contribution in [2.45, 2.75) is 117 Å². The molecule has 1 heterocycles. The molecule has 9 atom stereocenters. The van der Waals surface area contributed by atoms with E-state index in [4.69, 9.17) is 9.47 Å². The molecule has 8 nitrogen and oxygen atoms in total. The summed E-state index contributed by atoms with van der Waals surface area (Å²) in [6, 6.07) is 0. The maximum absolute atomic E-state index is 12.5. The van der Waals surface area contributed by atoms with Gasteiger partial charge in [0.1, 0.15) is 18.3 Å². The van der Waals surface area contributed by atoms with Gasteiger partial charge in [-0.1, -0.05) is 58.1 Å². The summed E-state index contributed by atoms with van der Waals surface area (Å²) in [5.41, 5.74) is 0.784. The Morgan fingerprint density at radius 1 is 1.16 bits per heavy atom. The van der Waals surface area contributed by atoms with E-state index in [1.807, 2.05) is 52.8 Å². The molecule has 0 saturated carbocycles. The number of cyclic esters (lactones) is 1. The summed E-state index contributed by atoms with van der Waals surface area (Å²) in [5, 5.41) is 41.1. The molecule has 0 fully saturated rings. The fourth-order valence-electron chi connectivity index (χ4n) is 4.57. The van der Waals surface area contributed by atoms with Gasteiger partial charge in [-0.3, -0.25) is 9.59 Å². The van der Waals surface area contributed by atoms with E-state index in [1.165, 1.54) is 13.0 Å². The van der Waals surface area contributed by atoms with Crippen molar-refractivity contribution >= 4 is 11.9 Å². The molecule has 0 aromatic heterocycles. The average Bonchev–Trinajstić information content (AvgIpc) is 2.81. The van der Waals surface area contributed by atoms with Crippen molar-refractivity contribution in [1.29, 1.82) is 0 Å². The molecule has 0 amide bonds. The molecule has 8 heteroatoms.